The molecule has 2 aromatic rings. The summed E-state index contributed by atoms with van der Waals surface area (Å²) >= 11 is 0. The summed E-state index contributed by atoms with van der Waals surface area (Å²) in [5.41, 5.74) is 2.44. The van der Waals surface area contributed by atoms with E-state index < -0.39 is 0 Å². The van der Waals surface area contributed by atoms with Gasteiger partial charge in [0.05, 0.1) is 30.8 Å². The van der Waals surface area contributed by atoms with Gasteiger partial charge in [-0.1, -0.05) is 24.0 Å². The summed E-state index contributed by atoms with van der Waals surface area (Å²) in [7, 11) is 3.95. The highest BCUT2D eigenvalue weighted by molar-refractivity contribution is 5.97. The molecule has 7 heteroatoms. The third kappa shape index (κ3) is 4.18. The smallest absolute Gasteiger partial charge is 0.255 e. The van der Waals surface area contributed by atoms with Crippen LogP contribution < -0.4 is 0 Å². The highest BCUT2D eigenvalue weighted by Gasteiger charge is 2.54. The second-order valence-electron chi connectivity index (χ2n) is 8.23. The Balaban J connectivity index is 1.52. The number of benzene rings is 1. The van der Waals surface area contributed by atoms with Gasteiger partial charge in [-0.3, -0.25) is 19.5 Å². The number of aromatic nitrogens is 1. The first-order valence-corrected chi connectivity index (χ1v) is 10.3. The normalized spacial score (nSPS) is 22.5. The van der Waals surface area contributed by atoms with Gasteiger partial charge in [0.25, 0.3) is 5.91 Å². The Kier molecular flexibility index (Phi) is 6.03. The van der Waals surface area contributed by atoms with Gasteiger partial charge in [0.2, 0.25) is 5.91 Å². The van der Waals surface area contributed by atoms with Crippen molar-refractivity contribution in [3.63, 3.8) is 0 Å². The van der Waals surface area contributed by atoms with Crippen LogP contribution in [-0.4, -0.2) is 89.0 Å². The van der Waals surface area contributed by atoms with E-state index in [4.69, 9.17) is 0 Å². The van der Waals surface area contributed by atoms with Crippen molar-refractivity contribution in [2.75, 3.05) is 40.3 Å². The quantitative estimate of drug-likeness (QED) is 0.744. The highest BCUT2D eigenvalue weighted by atomic mass is 16.3. The van der Waals surface area contributed by atoms with Crippen molar-refractivity contribution in [3.8, 4) is 11.8 Å². The number of pyridine rings is 1. The first-order chi connectivity index (χ1) is 15.0. The van der Waals surface area contributed by atoms with Crippen LogP contribution >= 0.6 is 0 Å². The summed E-state index contributed by atoms with van der Waals surface area (Å²) in [4.78, 5) is 35.0. The summed E-state index contributed by atoms with van der Waals surface area (Å²) in [5, 5.41) is 9.94. The van der Waals surface area contributed by atoms with Crippen molar-refractivity contribution in [1.82, 2.24) is 19.7 Å². The lowest BCUT2D eigenvalue weighted by Gasteiger charge is -2.58. The molecular formula is C24H26N4O3. The summed E-state index contributed by atoms with van der Waals surface area (Å²) in [6, 6.07) is 11.0. The van der Waals surface area contributed by atoms with Crippen LogP contribution in [0.25, 0.3) is 0 Å². The Morgan fingerprint density at radius 1 is 1.26 bits per heavy atom. The van der Waals surface area contributed by atoms with E-state index in [0.717, 1.165) is 11.1 Å². The van der Waals surface area contributed by atoms with E-state index in [9.17, 15) is 14.7 Å². The van der Waals surface area contributed by atoms with E-state index in [0.29, 0.717) is 18.7 Å². The molecule has 2 aliphatic heterocycles. The second-order valence-corrected chi connectivity index (χ2v) is 8.23. The number of carbonyl (C=O) groups is 2. The molecule has 2 amide bonds. The maximum atomic E-state index is 12.9. The molecule has 3 heterocycles. The molecule has 2 saturated heterocycles. The fourth-order valence-electron chi connectivity index (χ4n) is 4.41. The number of hydrogen-bond donors (Lipinski definition) is 1. The maximum absolute atomic E-state index is 12.9. The third-order valence-corrected chi connectivity index (χ3v) is 5.87. The van der Waals surface area contributed by atoms with Gasteiger partial charge in [-0.05, 0) is 43.9 Å². The molecule has 4 rings (SSSR count). The third-order valence-electron chi connectivity index (χ3n) is 5.87. The average molecular weight is 418 g/mol. The Labute approximate surface area is 182 Å². The lowest BCUT2D eigenvalue weighted by molar-refractivity contribution is -0.159. The van der Waals surface area contributed by atoms with Gasteiger partial charge in [0.1, 0.15) is 6.54 Å². The van der Waals surface area contributed by atoms with Crippen molar-refractivity contribution in [2.24, 2.45) is 0 Å². The fraction of sp³-hybridized carbons (Fsp3) is 0.375. The number of aliphatic hydroxyl groups is 1. The van der Waals surface area contributed by atoms with Crippen LogP contribution in [0.3, 0.4) is 0 Å². The van der Waals surface area contributed by atoms with E-state index >= 15 is 0 Å². The lowest BCUT2D eigenvalue weighted by Crippen LogP contribution is -2.73. The Morgan fingerprint density at radius 2 is 2.03 bits per heavy atom. The van der Waals surface area contributed by atoms with Crippen molar-refractivity contribution in [1.29, 1.82) is 0 Å². The second kappa shape index (κ2) is 8.88. The van der Waals surface area contributed by atoms with Crippen molar-refractivity contribution in [3.05, 3.63) is 65.5 Å². The maximum Gasteiger partial charge on any atom is 0.255 e. The number of rotatable bonds is 4. The zero-order valence-electron chi connectivity index (χ0n) is 17.7. The fourth-order valence-corrected chi connectivity index (χ4v) is 4.41. The van der Waals surface area contributed by atoms with Crippen LogP contribution in [0.1, 0.15) is 27.4 Å². The van der Waals surface area contributed by atoms with Crippen molar-refractivity contribution >= 4 is 11.8 Å². The van der Waals surface area contributed by atoms with Gasteiger partial charge in [-0.2, -0.15) is 0 Å². The van der Waals surface area contributed by atoms with Gasteiger partial charge >= 0.3 is 0 Å². The predicted octanol–water partition coefficient (Wildman–Crippen LogP) is 0.806. The predicted molar refractivity (Wildman–Crippen MR) is 116 cm³/mol. The molecule has 0 saturated carbocycles. The Bertz CT molecular complexity index is 1010. The molecule has 3 atom stereocenters. The Morgan fingerprint density at radius 3 is 2.68 bits per heavy atom. The van der Waals surface area contributed by atoms with Crippen LogP contribution in [0, 0.1) is 11.8 Å². The number of fused-ring (bicyclic) bond motifs is 1. The summed E-state index contributed by atoms with van der Waals surface area (Å²) in [6.07, 6.45) is 3.13. The molecular weight excluding hydrogens is 392 g/mol. The summed E-state index contributed by atoms with van der Waals surface area (Å²) < 4.78 is 0. The first kappa shape index (κ1) is 21.0. The number of aliphatic hydroxyl groups excluding tert-OH is 1. The van der Waals surface area contributed by atoms with Crippen molar-refractivity contribution < 1.29 is 14.7 Å². The molecule has 0 radical (unpaired) electrons. The zero-order chi connectivity index (χ0) is 22.0. The molecule has 0 bridgehead atoms. The molecule has 7 nitrogen and oxygen atoms in total. The van der Waals surface area contributed by atoms with Crippen LogP contribution in [-0.2, 0) is 4.79 Å². The van der Waals surface area contributed by atoms with Gasteiger partial charge in [0, 0.05) is 30.4 Å². The van der Waals surface area contributed by atoms with Crippen LogP contribution in [0.4, 0.5) is 0 Å². The highest BCUT2D eigenvalue weighted by Crippen LogP contribution is 2.43. The number of nitrogens with zero attached hydrogens (tertiary/aromatic N) is 4. The van der Waals surface area contributed by atoms with Crippen LogP contribution in [0.15, 0.2) is 48.8 Å². The number of amides is 2. The molecule has 160 valence electrons. The van der Waals surface area contributed by atoms with Crippen LogP contribution in [0.2, 0.25) is 0 Å². The zero-order valence-corrected chi connectivity index (χ0v) is 17.7. The summed E-state index contributed by atoms with van der Waals surface area (Å²) in [5.74, 6) is 5.91. The molecule has 0 unspecified atom stereocenters. The SMILES string of the molecule is CN(C)CC#Cc1ccc([C@@H]2[C@H]3CN(C(=O)c4cccnc4)CC(=O)N3[C@H]2CO)cc1. The molecule has 1 aromatic carbocycles. The van der Waals surface area contributed by atoms with E-state index in [1.54, 1.807) is 28.1 Å². The lowest BCUT2D eigenvalue weighted by atomic mass is 9.73. The first-order valence-electron chi connectivity index (χ1n) is 10.3. The van der Waals surface area contributed by atoms with E-state index in [1.165, 1.54) is 6.20 Å². The Hall–Kier alpha value is -3.21. The summed E-state index contributed by atoms with van der Waals surface area (Å²) in [6.45, 7) is 1.05. The van der Waals surface area contributed by atoms with E-state index in [2.05, 4.69) is 16.8 Å². The number of hydrogen-bond acceptors (Lipinski definition) is 5. The van der Waals surface area contributed by atoms with Gasteiger partial charge in [-0.25, -0.2) is 0 Å². The molecule has 1 N–H and O–H groups in total. The molecule has 31 heavy (non-hydrogen) atoms. The molecule has 0 aliphatic carbocycles. The molecule has 2 aliphatic rings. The largest absolute Gasteiger partial charge is 0.394 e. The van der Waals surface area contributed by atoms with Crippen LogP contribution in [0.5, 0.6) is 0 Å². The molecule has 1 aromatic heterocycles. The van der Waals surface area contributed by atoms with E-state index in [1.807, 2.05) is 43.3 Å². The van der Waals surface area contributed by atoms with E-state index in [-0.39, 0.29) is 43.0 Å². The minimum atomic E-state index is -0.265. The molecule has 0 spiro atoms. The van der Waals surface area contributed by atoms with Crippen molar-refractivity contribution in [2.45, 2.75) is 18.0 Å². The standard InChI is InChI=1S/C24H26N4O3/c1-26(2)12-4-5-17-7-9-18(10-8-17)23-20-14-27(15-22(30)28(20)21(23)16-29)24(31)19-6-3-11-25-13-19/h3,6-11,13,20-21,23,29H,12,14-16H2,1-2H3/t20-,21+,23-/m1/s1. The topological polar surface area (TPSA) is 77.0 Å². The monoisotopic (exact) mass is 418 g/mol. The number of carbonyl (C=O) groups excluding carboxylic acids is 2. The van der Waals surface area contributed by atoms with Gasteiger partial charge in [-0.15, -0.1) is 0 Å². The molecule has 2 fully saturated rings. The van der Waals surface area contributed by atoms with Gasteiger partial charge < -0.3 is 14.9 Å². The van der Waals surface area contributed by atoms with Gasteiger partial charge in [0.15, 0.2) is 0 Å². The average Bonchev–Trinajstić information content (AvgIpc) is 2.76. The minimum absolute atomic E-state index is 0.0217. The minimum Gasteiger partial charge on any atom is -0.394 e. The number of piperazine rings is 1.